The lowest BCUT2D eigenvalue weighted by atomic mass is 9.83. The molecule has 116 valence electrons. The van der Waals surface area contributed by atoms with Gasteiger partial charge in [0.25, 0.3) is 5.91 Å². The van der Waals surface area contributed by atoms with Gasteiger partial charge in [0.05, 0.1) is 5.56 Å². The molecule has 1 heterocycles. The largest absolute Gasteiger partial charge is 0.368 e. The lowest BCUT2D eigenvalue weighted by Gasteiger charge is -2.34. The average molecular weight is 293 g/mol. The van der Waals surface area contributed by atoms with Crippen LogP contribution in [0, 0.1) is 5.82 Å². The van der Waals surface area contributed by atoms with Crippen LogP contribution >= 0.6 is 0 Å². The van der Waals surface area contributed by atoms with Crippen LogP contribution in [0.15, 0.2) is 12.3 Å². The van der Waals surface area contributed by atoms with E-state index in [1.807, 2.05) is 13.8 Å². The number of aromatic nitrogens is 1. The molecule has 0 aliphatic heterocycles. The van der Waals surface area contributed by atoms with Crippen molar-refractivity contribution in [1.29, 1.82) is 0 Å². The predicted octanol–water partition coefficient (Wildman–Crippen LogP) is 3.50. The van der Waals surface area contributed by atoms with E-state index in [1.54, 1.807) is 0 Å². The summed E-state index contributed by atoms with van der Waals surface area (Å²) in [5, 5.41) is 5.91. The van der Waals surface area contributed by atoms with Crippen molar-refractivity contribution in [2.45, 2.75) is 57.9 Å². The van der Waals surface area contributed by atoms with Crippen molar-refractivity contribution >= 4 is 11.7 Å². The van der Waals surface area contributed by atoms with Crippen LogP contribution in [0.1, 0.15) is 62.7 Å². The second-order valence-corrected chi connectivity index (χ2v) is 6.02. The van der Waals surface area contributed by atoms with Gasteiger partial charge >= 0.3 is 0 Å². The molecule has 1 aliphatic carbocycles. The van der Waals surface area contributed by atoms with E-state index in [0.29, 0.717) is 6.54 Å². The molecule has 5 heteroatoms. The van der Waals surface area contributed by atoms with Crippen LogP contribution in [0.2, 0.25) is 0 Å². The van der Waals surface area contributed by atoms with E-state index >= 15 is 0 Å². The van der Waals surface area contributed by atoms with Crippen molar-refractivity contribution in [3.05, 3.63) is 23.6 Å². The zero-order valence-electron chi connectivity index (χ0n) is 12.8. The van der Waals surface area contributed by atoms with E-state index in [0.717, 1.165) is 32.1 Å². The minimum Gasteiger partial charge on any atom is -0.368 e. The van der Waals surface area contributed by atoms with Gasteiger partial charge in [-0.05, 0) is 32.3 Å². The van der Waals surface area contributed by atoms with Crippen LogP contribution in [0.5, 0.6) is 0 Å². The maximum atomic E-state index is 14.3. The first-order valence-electron chi connectivity index (χ1n) is 7.76. The molecule has 1 amide bonds. The molecule has 0 saturated heterocycles. The van der Waals surface area contributed by atoms with Gasteiger partial charge < -0.3 is 10.6 Å². The summed E-state index contributed by atoms with van der Waals surface area (Å²) in [6.07, 6.45) is 7.67. The quantitative estimate of drug-likeness (QED) is 0.873. The Bertz CT molecular complexity index is 498. The zero-order chi connectivity index (χ0) is 15.3. The van der Waals surface area contributed by atoms with Gasteiger partial charge in [0.15, 0.2) is 11.6 Å². The number of carbonyl (C=O) groups excluding carboxylic acids is 1. The van der Waals surface area contributed by atoms with Crippen LogP contribution < -0.4 is 10.6 Å². The highest BCUT2D eigenvalue weighted by atomic mass is 19.1. The highest BCUT2D eigenvalue weighted by molar-refractivity contribution is 5.95. The molecule has 1 aliphatic rings. The summed E-state index contributed by atoms with van der Waals surface area (Å²) in [6.45, 7) is 4.66. The van der Waals surface area contributed by atoms with E-state index < -0.39 is 5.82 Å². The first-order chi connectivity index (χ1) is 10.1. The molecule has 0 bridgehead atoms. The molecule has 0 atom stereocenters. The summed E-state index contributed by atoms with van der Waals surface area (Å²) in [5.41, 5.74) is -0.155. The number of hydrogen-bond donors (Lipinski definition) is 2. The minimum absolute atomic E-state index is 0.0652. The monoisotopic (exact) mass is 293 g/mol. The minimum atomic E-state index is -0.567. The summed E-state index contributed by atoms with van der Waals surface area (Å²) >= 11 is 0. The average Bonchev–Trinajstić information content (AvgIpc) is 2.46. The third-order valence-electron chi connectivity index (χ3n) is 4.05. The summed E-state index contributed by atoms with van der Waals surface area (Å²) in [7, 11) is 0. The standard InChI is InChI=1S/C16H24FN3O/c1-3-10-18-14-13(17)12(7-11-19-14)15(21)20-16(2)8-5-4-6-9-16/h7,11H,3-6,8-10H2,1-2H3,(H,18,19)(H,20,21). The Morgan fingerprint density at radius 3 is 2.76 bits per heavy atom. The van der Waals surface area contributed by atoms with E-state index in [1.165, 1.54) is 18.7 Å². The number of anilines is 1. The molecule has 1 fully saturated rings. The van der Waals surface area contributed by atoms with Crippen LogP contribution in [0.25, 0.3) is 0 Å². The zero-order valence-corrected chi connectivity index (χ0v) is 12.8. The van der Waals surface area contributed by atoms with Crippen molar-refractivity contribution in [2.24, 2.45) is 0 Å². The van der Waals surface area contributed by atoms with Gasteiger partial charge in [-0.25, -0.2) is 9.37 Å². The molecule has 21 heavy (non-hydrogen) atoms. The normalized spacial score (nSPS) is 17.3. The SMILES string of the molecule is CCCNc1nccc(C(=O)NC2(C)CCCCC2)c1F. The predicted molar refractivity (Wildman–Crippen MR) is 81.9 cm³/mol. The summed E-state index contributed by atoms with van der Waals surface area (Å²) in [6, 6.07) is 1.44. The number of halogens is 1. The molecule has 0 spiro atoms. The molecule has 0 aromatic carbocycles. The maximum Gasteiger partial charge on any atom is 0.254 e. The molecule has 4 nitrogen and oxygen atoms in total. The van der Waals surface area contributed by atoms with E-state index in [4.69, 9.17) is 0 Å². The molecular formula is C16H24FN3O. The highest BCUT2D eigenvalue weighted by Crippen LogP contribution is 2.28. The first-order valence-corrected chi connectivity index (χ1v) is 7.76. The number of nitrogens with one attached hydrogen (secondary N) is 2. The molecule has 1 aromatic heterocycles. The third-order valence-corrected chi connectivity index (χ3v) is 4.05. The van der Waals surface area contributed by atoms with Crippen molar-refractivity contribution in [3.63, 3.8) is 0 Å². The Balaban J connectivity index is 2.11. The molecule has 1 saturated carbocycles. The fourth-order valence-electron chi connectivity index (χ4n) is 2.78. The fraction of sp³-hybridized carbons (Fsp3) is 0.625. The van der Waals surface area contributed by atoms with E-state index in [-0.39, 0.29) is 22.8 Å². The first kappa shape index (κ1) is 15.7. The molecule has 2 N–H and O–H groups in total. The summed E-state index contributed by atoms with van der Waals surface area (Å²) in [5.74, 6) is -0.764. The van der Waals surface area contributed by atoms with Crippen LogP contribution in [0.4, 0.5) is 10.2 Å². The smallest absolute Gasteiger partial charge is 0.254 e. The fourth-order valence-corrected chi connectivity index (χ4v) is 2.78. The number of rotatable bonds is 5. The second kappa shape index (κ2) is 6.87. The van der Waals surface area contributed by atoms with Gasteiger partial charge in [-0.15, -0.1) is 0 Å². The Morgan fingerprint density at radius 1 is 1.38 bits per heavy atom. The Morgan fingerprint density at radius 2 is 2.10 bits per heavy atom. The lowest BCUT2D eigenvalue weighted by Crippen LogP contribution is -2.47. The van der Waals surface area contributed by atoms with Gasteiger partial charge in [-0.2, -0.15) is 0 Å². The van der Waals surface area contributed by atoms with Gasteiger partial charge in [-0.3, -0.25) is 4.79 Å². The van der Waals surface area contributed by atoms with Gasteiger partial charge in [-0.1, -0.05) is 26.2 Å². The number of hydrogen-bond acceptors (Lipinski definition) is 3. The number of carbonyl (C=O) groups is 1. The lowest BCUT2D eigenvalue weighted by molar-refractivity contribution is 0.0878. The Kier molecular flexibility index (Phi) is 5.15. The van der Waals surface area contributed by atoms with Crippen molar-refractivity contribution in [3.8, 4) is 0 Å². The number of pyridine rings is 1. The van der Waals surface area contributed by atoms with Crippen molar-refractivity contribution < 1.29 is 9.18 Å². The van der Waals surface area contributed by atoms with Crippen molar-refractivity contribution in [2.75, 3.05) is 11.9 Å². The van der Waals surface area contributed by atoms with E-state index in [9.17, 15) is 9.18 Å². The van der Waals surface area contributed by atoms with Gasteiger partial charge in [0.2, 0.25) is 0 Å². The van der Waals surface area contributed by atoms with Gasteiger partial charge in [0, 0.05) is 18.3 Å². The second-order valence-electron chi connectivity index (χ2n) is 6.02. The highest BCUT2D eigenvalue weighted by Gasteiger charge is 2.29. The maximum absolute atomic E-state index is 14.3. The molecule has 0 unspecified atom stereocenters. The van der Waals surface area contributed by atoms with Crippen LogP contribution in [-0.4, -0.2) is 23.0 Å². The van der Waals surface area contributed by atoms with Gasteiger partial charge in [0.1, 0.15) is 0 Å². The topological polar surface area (TPSA) is 54.0 Å². The number of amides is 1. The van der Waals surface area contributed by atoms with Crippen LogP contribution in [-0.2, 0) is 0 Å². The number of nitrogens with zero attached hydrogens (tertiary/aromatic N) is 1. The Hall–Kier alpha value is -1.65. The Labute approximate surface area is 125 Å². The molecule has 2 rings (SSSR count). The molecular weight excluding hydrogens is 269 g/mol. The van der Waals surface area contributed by atoms with Crippen LogP contribution in [0.3, 0.4) is 0 Å². The molecule has 0 radical (unpaired) electrons. The van der Waals surface area contributed by atoms with Crippen molar-refractivity contribution in [1.82, 2.24) is 10.3 Å². The molecule has 1 aromatic rings. The summed E-state index contributed by atoms with van der Waals surface area (Å²) < 4.78 is 14.3. The van der Waals surface area contributed by atoms with E-state index in [2.05, 4.69) is 15.6 Å². The third kappa shape index (κ3) is 3.93. The summed E-state index contributed by atoms with van der Waals surface area (Å²) in [4.78, 5) is 16.3.